The third-order valence-corrected chi connectivity index (χ3v) is 26.3. The van der Waals surface area contributed by atoms with Crippen LogP contribution < -0.4 is 9.80 Å². The Hall–Kier alpha value is -15.7. The van der Waals surface area contributed by atoms with Crippen molar-refractivity contribution in [3.63, 3.8) is 0 Å². The molecule has 3 heterocycles. The lowest BCUT2D eigenvalue weighted by molar-refractivity contribution is 1.18. The summed E-state index contributed by atoms with van der Waals surface area (Å²) in [5.74, 6) is 0. The largest absolute Gasteiger partial charge is 0.310 e. The number of benzene rings is 21. The number of nitrogens with zero attached hydrogens (tertiary/aromatic N) is 4. The number of aromatic nitrogens is 2. The summed E-state index contributed by atoms with van der Waals surface area (Å²) in [6, 6.07) is 166. The highest BCUT2D eigenvalue weighted by atomic mass is 32.1. The zero-order chi connectivity index (χ0) is 79.6. The van der Waals surface area contributed by atoms with E-state index < -0.39 is 0 Å². The number of hydrogen-bond donors (Lipinski definition) is 0. The SMILES string of the molecule is c1ccc(-c2ccc(N(c3ccc(-c4ccc(-n5c6ccc7ccccc7c6c6c7ccccc7ccc65)cc4)cc3)c3cccc(-c4ccccc4-c4ccc5c(ccc6c5c5c7ccccc7ccc5n6-c5ccc(-c6ccc(N(c7cccc(-c8cccc9c8sc8ccccc89)c7)c7cccc8ccccc78)cc6)cc5)c4)c3)cc2)cc1. The maximum atomic E-state index is 2.47. The first-order chi connectivity index (χ1) is 60.0. The summed E-state index contributed by atoms with van der Waals surface area (Å²) in [6.07, 6.45) is 0. The molecule has 0 saturated carbocycles. The fraction of sp³-hybridized carbons (Fsp3) is 0. The van der Waals surface area contributed by atoms with Crippen LogP contribution in [0.3, 0.4) is 0 Å². The predicted octanol–water partition coefficient (Wildman–Crippen LogP) is 33.0. The van der Waals surface area contributed by atoms with Crippen molar-refractivity contribution >= 4 is 163 Å². The van der Waals surface area contributed by atoms with Crippen LogP contribution in [0.2, 0.25) is 0 Å². The molecule has 24 aromatic rings. The van der Waals surface area contributed by atoms with Gasteiger partial charge in [-0.3, -0.25) is 0 Å². The van der Waals surface area contributed by atoms with E-state index in [1.165, 1.54) is 145 Å². The number of rotatable bonds is 14. The minimum atomic E-state index is 1.06. The molecule has 4 nitrogen and oxygen atoms in total. The van der Waals surface area contributed by atoms with Crippen LogP contribution in [0, 0.1) is 0 Å². The van der Waals surface area contributed by atoms with Crippen LogP contribution >= 0.6 is 11.3 Å². The van der Waals surface area contributed by atoms with Crippen molar-refractivity contribution in [2.75, 3.05) is 9.80 Å². The highest BCUT2D eigenvalue weighted by Crippen LogP contribution is 2.49. The van der Waals surface area contributed by atoms with Gasteiger partial charge in [-0.15, -0.1) is 11.3 Å². The molecule has 0 radical (unpaired) electrons. The monoisotopic (exact) mass is 1550 g/mol. The fourth-order valence-corrected chi connectivity index (χ4v) is 20.6. The molecule has 0 saturated heterocycles. The molecular formula is C116H74N4S. The van der Waals surface area contributed by atoms with E-state index in [0.29, 0.717) is 0 Å². The van der Waals surface area contributed by atoms with E-state index >= 15 is 0 Å². The third-order valence-electron chi connectivity index (χ3n) is 25.1. The van der Waals surface area contributed by atoms with Gasteiger partial charge in [0.2, 0.25) is 0 Å². The van der Waals surface area contributed by atoms with Gasteiger partial charge in [0.05, 0.1) is 27.8 Å². The Kier molecular flexibility index (Phi) is 16.5. The van der Waals surface area contributed by atoms with Gasteiger partial charge in [-0.1, -0.05) is 322 Å². The van der Waals surface area contributed by atoms with Gasteiger partial charge in [0.15, 0.2) is 0 Å². The molecule has 121 heavy (non-hydrogen) atoms. The van der Waals surface area contributed by atoms with Crippen LogP contribution in [-0.2, 0) is 0 Å². The fourth-order valence-electron chi connectivity index (χ4n) is 19.4. The number of fused-ring (bicyclic) bond motifs is 18. The summed E-state index contributed by atoms with van der Waals surface area (Å²) < 4.78 is 7.53. The Morgan fingerprint density at radius 2 is 0.512 bits per heavy atom. The summed E-state index contributed by atoms with van der Waals surface area (Å²) in [5, 5.41) is 20.0. The average Bonchev–Trinajstić information content (AvgIpc) is 1.56. The Morgan fingerprint density at radius 3 is 1.02 bits per heavy atom. The van der Waals surface area contributed by atoms with E-state index in [4.69, 9.17) is 0 Å². The third kappa shape index (κ3) is 11.7. The van der Waals surface area contributed by atoms with Crippen molar-refractivity contribution in [1.29, 1.82) is 0 Å². The maximum Gasteiger partial charge on any atom is 0.0547 e. The average molecular weight is 1560 g/mol. The molecule has 3 aromatic heterocycles. The first kappa shape index (κ1) is 69.6. The van der Waals surface area contributed by atoms with Gasteiger partial charge in [0, 0.05) is 86.9 Å². The molecule has 24 rings (SSSR count). The van der Waals surface area contributed by atoms with Crippen LogP contribution in [0.1, 0.15) is 0 Å². The lowest BCUT2D eigenvalue weighted by atomic mass is 9.92. The van der Waals surface area contributed by atoms with E-state index in [2.05, 4.69) is 468 Å². The maximum absolute atomic E-state index is 2.47. The Labute approximate surface area is 704 Å². The predicted molar refractivity (Wildman–Crippen MR) is 518 cm³/mol. The van der Waals surface area contributed by atoms with Gasteiger partial charge >= 0.3 is 0 Å². The highest BCUT2D eigenvalue weighted by molar-refractivity contribution is 7.26. The standard InChI is InChI=1S/C116H74N4S/c1-2-20-75(21-3-1)76-42-57-89(58-43-76)117(90-59-44-77(45-60-90)79-48-63-92(64-49-79)119-107-68-53-82-23-5-9-34-99(82)112(107)113-100-35-10-6-24-83(100)54-69-108(113)119)94-29-16-27-85(73-94)96-31-12-13-32-97(96)87-52-67-102-88(72-87)56-71-110-115(102)114-101-36-11-7-25-84(101)55-70-109(114)120(110)93-65-50-80(51-66-93)78-46-61-91(62-47-78)118(106-40-18-26-81-22-4-8-33-98(81)106)95-30-17-28-86(74-95)103-38-19-39-105-104-37-14-15-41-111(104)121-116(103)105/h1-74H. The molecule has 5 heteroatoms. The Bertz CT molecular complexity index is 8140. The molecule has 0 aliphatic rings. The second-order valence-corrected chi connectivity index (χ2v) is 32.9. The Balaban J connectivity index is 0.554. The van der Waals surface area contributed by atoms with E-state index in [1.807, 2.05) is 11.3 Å². The lowest BCUT2D eigenvalue weighted by Crippen LogP contribution is -2.10. The highest BCUT2D eigenvalue weighted by Gasteiger charge is 2.24. The molecule has 0 unspecified atom stereocenters. The summed E-state index contributed by atoms with van der Waals surface area (Å²) in [7, 11) is 0. The second-order valence-electron chi connectivity index (χ2n) is 31.8. The number of hydrogen-bond acceptors (Lipinski definition) is 3. The summed E-state index contributed by atoms with van der Waals surface area (Å²) in [4.78, 5) is 4.82. The quantitative estimate of drug-likeness (QED) is 0.108. The molecule has 0 atom stereocenters. The van der Waals surface area contributed by atoms with Gasteiger partial charge in [-0.2, -0.15) is 0 Å². The minimum Gasteiger partial charge on any atom is -0.310 e. The van der Waals surface area contributed by atoms with Crippen LogP contribution in [0.5, 0.6) is 0 Å². The lowest BCUT2D eigenvalue weighted by Gasteiger charge is -2.27. The molecule has 564 valence electrons. The summed E-state index contributed by atoms with van der Waals surface area (Å²) in [6.45, 7) is 0. The van der Waals surface area contributed by atoms with Gasteiger partial charge in [-0.25, -0.2) is 0 Å². The molecule has 0 spiro atoms. The normalized spacial score (nSPS) is 11.8. The molecule has 0 aliphatic heterocycles. The molecule has 0 N–H and O–H groups in total. The van der Waals surface area contributed by atoms with Crippen LogP contribution in [-0.4, -0.2) is 9.13 Å². The van der Waals surface area contributed by atoms with E-state index in [9.17, 15) is 0 Å². The summed E-state index contributed by atoms with van der Waals surface area (Å²) in [5.41, 5.74) is 27.5. The minimum absolute atomic E-state index is 1.06. The van der Waals surface area contributed by atoms with Gasteiger partial charge in [0.25, 0.3) is 0 Å². The molecule has 0 amide bonds. The number of thiophene rings is 1. The zero-order valence-corrected chi connectivity index (χ0v) is 66.7. The molecule has 0 aliphatic carbocycles. The second kappa shape index (κ2) is 28.6. The zero-order valence-electron chi connectivity index (χ0n) is 65.9. The van der Waals surface area contributed by atoms with Crippen molar-refractivity contribution < 1.29 is 0 Å². The van der Waals surface area contributed by atoms with Gasteiger partial charge < -0.3 is 18.9 Å². The number of anilines is 6. The van der Waals surface area contributed by atoms with E-state index in [-0.39, 0.29) is 0 Å². The molecule has 21 aromatic carbocycles. The molecule has 0 bridgehead atoms. The van der Waals surface area contributed by atoms with Crippen molar-refractivity contribution in [3.05, 3.63) is 449 Å². The Morgan fingerprint density at radius 1 is 0.182 bits per heavy atom. The van der Waals surface area contributed by atoms with Crippen LogP contribution in [0.4, 0.5) is 34.1 Å². The van der Waals surface area contributed by atoms with E-state index in [1.54, 1.807) is 0 Å². The van der Waals surface area contributed by atoms with Crippen molar-refractivity contribution in [2.45, 2.75) is 0 Å². The van der Waals surface area contributed by atoms with Gasteiger partial charge in [0.1, 0.15) is 0 Å². The van der Waals surface area contributed by atoms with Crippen LogP contribution in [0.15, 0.2) is 449 Å². The topological polar surface area (TPSA) is 16.3 Å². The van der Waals surface area contributed by atoms with Crippen molar-refractivity contribution in [3.8, 4) is 78.1 Å². The van der Waals surface area contributed by atoms with Gasteiger partial charge in [-0.05, 0) is 243 Å². The first-order valence-electron chi connectivity index (χ1n) is 41.6. The smallest absolute Gasteiger partial charge is 0.0547 e. The van der Waals surface area contributed by atoms with Crippen molar-refractivity contribution in [1.82, 2.24) is 9.13 Å². The molecule has 0 fully saturated rings. The van der Waals surface area contributed by atoms with E-state index in [0.717, 1.165) is 84.4 Å². The summed E-state index contributed by atoms with van der Waals surface area (Å²) >= 11 is 1.88. The van der Waals surface area contributed by atoms with Crippen molar-refractivity contribution in [2.24, 2.45) is 0 Å². The van der Waals surface area contributed by atoms with Crippen LogP contribution in [0.25, 0.3) is 196 Å². The molecular weight excluding hydrogens is 1480 g/mol. The first-order valence-corrected chi connectivity index (χ1v) is 42.4.